The van der Waals surface area contributed by atoms with Crippen LogP contribution in [0.2, 0.25) is 0 Å². The quantitative estimate of drug-likeness (QED) is 0.818. The molecule has 0 aliphatic carbocycles. The topological polar surface area (TPSA) is 49.6 Å². The van der Waals surface area contributed by atoms with Crippen molar-refractivity contribution in [2.75, 3.05) is 26.2 Å². The molecule has 0 aromatic rings. The summed E-state index contributed by atoms with van der Waals surface area (Å²) in [5.41, 5.74) is 5.67. The number of amides is 2. The maximum Gasteiger partial charge on any atom is 0.320 e. The largest absolute Gasteiger partial charge is 0.330 e. The minimum atomic E-state index is 0.264. The van der Waals surface area contributed by atoms with Crippen LogP contribution in [0, 0.1) is 5.92 Å². The maximum atomic E-state index is 12.6. The normalized spacial score (nSPS) is 29.4. The van der Waals surface area contributed by atoms with Crippen LogP contribution in [0.4, 0.5) is 4.79 Å². The third kappa shape index (κ3) is 3.16. The molecule has 2 aliphatic rings. The Hall–Kier alpha value is -0.770. The Morgan fingerprint density at radius 3 is 2.78 bits per heavy atom. The summed E-state index contributed by atoms with van der Waals surface area (Å²) in [4.78, 5) is 16.7. The highest BCUT2D eigenvalue weighted by atomic mass is 16.2. The Morgan fingerprint density at radius 2 is 2.06 bits per heavy atom. The molecule has 2 atom stereocenters. The van der Waals surface area contributed by atoms with Crippen molar-refractivity contribution >= 4 is 6.03 Å². The van der Waals surface area contributed by atoms with Gasteiger partial charge in [-0.1, -0.05) is 6.92 Å². The van der Waals surface area contributed by atoms with E-state index < -0.39 is 0 Å². The first-order valence-corrected chi connectivity index (χ1v) is 7.48. The summed E-state index contributed by atoms with van der Waals surface area (Å²) in [7, 11) is 0. The molecule has 0 aromatic carbocycles. The zero-order chi connectivity index (χ0) is 13.0. The molecule has 0 aromatic heterocycles. The average molecular weight is 253 g/mol. The van der Waals surface area contributed by atoms with Crippen molar-refractivity contribution in [2.45, 2.75) is 51.5 Å². The molecule has 2 N–H and O–H groups in total. The van der Waals surface area contributed by atoms with Gasteiger partial charge in [0.25, 0.3) is 0 Å². The third-order valence-electron chi connectivity index (χ3n) is 4.30. The third-order valence-corrected chi connectivity index (χ3v) is 4.30. The zero-order valence-corrected chi connectivity index (χ0v) is 11.6. The molecule has 0 bridgehead atoms. The van der Waals surface area contributed by atoms with Crippen molar-refractivity contribution in [2.24, 2.45) is 11.7 Å². The first-order chi connectivity index (χ1) is 8.72. The van der Waals surface area contributed by atoms with E-state index in [1.54, 1.807) is 0 Å². The molecule has 2 heterocycles. The number of nitrogens with zero attached hydrogens (tertiary/aromatic N) is 2. The molecule has 4 heteroatoms. The van der Waals surface area contributed by atoms with Crippen molar-refractivity contribution in [3.8, 4) is 0 Å². The lowest BCUT2D eigenvalue weighted by molar-refractivity contribution is 0.0981. The minimum absolute atomic E-state index is 0.264. The number of carbonyl (C=O) groups is 1. The van der Waals surface area contributed by atoms with Crippen LogP contribution in [0.15, 0.2) is 0 Å². The second-order valence-electron chi connectivity index (χ2n) is 5.90. The number of piperidine rings is 2. The molecule has 2 amide bonds. The van der Waals surface area contributed by atoms with Crippen LogP contribution >= 0.6 is 0 Å². The van der Waals surface area contributed by atoms with E-state index in [4.69, 9.17) is 5.73 Å². The van der Waals surface area contributed by atoms with Crippen molar-refractivity contribution in [1.82, 2.24) is 9.80 Å². The van der Waals surface area contributed by atoms with E-state index in [-0.39, 0.29) is 6.03 Å². The maximum absolute atomic E-state index is 12.6. The van der Waals surface area contributed by atoms with Crippen LogP contribution in [0.5, 0.6) is 0 Å². The van der Waals surface area contributed by atoms with Gasteiger partial charge >= 0.3 is 6.03 Å². The van der Waals surface area contributed by atoms with Gasteiger partial charge in [0.05, 0.1) is 0 Å². The number of rotatable bonds is 2. The predicted molar refractivity (Wildman–Crippen MR) is 73.4 cm³/mol. The average Bonchev–Trinajstić information content (AvgIpc) is 2.39. The highest BCUT2D eigenvalue weighted by Crippen LogP contribution is 2.23. The van der Waals surface area contributed by atoms with Gasteiger partial charge in [0.1, 0.15) is 0 Å². The first-order valence-electron chi connectivity index (χ1n) is 7.48. The lowest BCUT2D eigenvalue weighted by Crippen LogP contribution is -2.52. The van der Waals surface area contributed by atoms with E-state index >= 15 is 0 Å². The highest BCUT2D eigenvalue weighted by molar-refractivity contribution is 5.75. The molecule has 18 heavy (non-hydrogen) atoms. The molecule has 0 radical (unpaired) electrons. The molecule has 104 valence electrons. The van der Waals surface area contributed by atoms with E-state index in [1.807, 2.05) is 0 Å². The predicted octanol–water partition coefficient (Wildman–Crippen LogP) is 2.04. The highest BCUT2D eigenvalue weighted by Gasteiger charge is 2.31. The van der Waals surface area contributed by atoms with Crippen LogP contribution in [-0.2, 0) is 0 Å². The smallest absolute Gasteiger partial charge is 0.320 e. The molecule has 0 saturated carbocycles. The van der Waals surface area contributed by atoms with E-state index in [0.717, 1.165) is 45.3 Å². The minimum Gasteiger partial charge on any atom is -0.330 e. The summed E-state index contributed by atoms with van der Waals surface area (Å²) in [6.07, 6.45) is 6.89. The monoisotopic (exact) mass is 253 g/mol. The van der Waals surface area contributed by atoms with E-state index in [1.165, 1.54) is 12.8 Å². The van der Waals surface area contributed by atoms with Gasteiger partial charge in [0, 0.05) is 25.7 Å². The molecular weight excluding hydrogens is 226 g/mol. The Morgan fingerprint density at radius 1 is 1.22 bits per heavy atom. The van der Waals surface area contributed by atoms with Gasteiger partial charge in [-0.25, -0.2) is 4.79 Å². The van der Waals surface area contributed by atoms with Crippen LogP contribution in [0.1, 0.15) is 45.4 Å². The van der Waals surface area contributed by atoms with Crippen molar-refractivity contribution in [3.63, 3.8) is 0 Å². The summed E-state index contributed by atoms with van der Waals surface area (Å²) >= 11 is 0. The van der Waals surface area contributed by atoms with Gasteiger partial charge in [-0.05, 0) is 51.0 Å². The molecule has 0 spiro atoms. The number of urea groups is 1. The van der Waals surface area contributed by atoms with Gasteiger partial charge in [0.2, 0.25) is 0 Å². The van der Waals surface area contributed by atoms with Gasteiger partial charge in [-0.3, -0.25) is 0 Å². The fourth-order valence-corrected chi connectivity index (χ4v) is 3.29. The van der Waals surface area contributed by atoms with Gasteiger partial charge in [-0.2, -0.15) is 0 Å². The fourth-order valence-electron chi connectivity index (χ4n) is 3.29. The van der Waals surface area contributed by atoms with Crippen molar-refractivity contribution in [3.05, 3.63) is 0 Å². The summed E-state index contributed by atoms with van der Waals surface area (Å²) in [5, 5.41) is 0. The molecule has 2 unspecified atom stereocenters. The standard InChI is InChI=1S/C14H27N3O/c1-12-5-4-9-16(11-12)14(18)17-10-3-2-6-13(17)7-8-15/h12-13H,2-11,15H2,1H3. The van der Waals surface area contributed by atoms with Crippen LogP contribution in [0.25, 0.3) is 0 Å². The number of nitrogens with two attached hydrogens (primary N) is 1. The SMILES string of the molecule is CC1CCCN(C(=O)N2CCCCC2CCN)C1. The molecule has 4 nitrogen and oxygen atoms in total. The number of carbonyl (C=O) groups excluding carboxylic acids is 1. The second kappa shape index (κ2) is 6.41. The van der Waals surface area contributed by atoms with Gasteiger partial charge < -0.3 is 15.5 Å². The molecule has 2 aliphatic heterocycles. The molecular formula is C14H27N3O. The lowest BCUT2D eigenvalue weighted by Gasteiger charge is -2.41. The lowest BCUT2D eigenvalue weighted by atomic mass is 9.98. The Bertz CT molecular complexity index is 280. The summed E-state index contributed by atoms with van der Waals surface area (Å²) in [6.45, 7) is 5.73. The summed E-state index contributed by atoms with van der Waals surface area (Å²) < 4.78 is 0. The Labute approximate surface area is 110 Å². The van der Waals surface area contributed by atoms with E-state index in [9.17, 15) is 4.79 Å². The van der Waals surface area contributed by atoms with E-state index in [2.05, 4.69) is 16.7 Å². The zero-order valence-electron chi connectivity index (χ0n) is 11.6. The van der Waals surface area contributed by atoms with Crippen LogP contribution < -0.4 is 5.73 Å². The van der Waals surface area contributed by atoms with Crippen molar-refractivity contribution < 1.29 is 4.79 Å². The van der Waals surface area contributed by atoms with E-state index in [0.29, 0.717) is 18.5 Å². The Balaban J connectivity index is 1.96. The Kier molecular flexibility index (Phi) is 4.87. The molecule has 2 rings (SSSR count). The van der Waals surface area contributed by atoms with Crippen molar-refractivity contribution in [1.29, 1.82) is 0 Å². The molecule has 2 fully saturated rings. The number of hydrogen-bond acceptors (Lipinski definition) is 2. The van der Waals surface area contributed by atoms with Gasteiger partial charge in [-0.15, -0.1) is 0 Å². The first kappa shape index (κ1) is 13.7. The number of hydrogen-bond donors (Lipinski definition) is 1. The fraction of sp³-hybridized carbons (Fsp3) is 0.929. The summed E-state index contributed by atoms with van der Waals surface area (Å²) in [5.74, 6) is 0.653. The second-order valence-corrected chi connectivity index (χ2v) is 5.90. The summed E-state index contributed by atoms with van der Waals surface area (Å²) in [6, 6.07) is 0.646. The van der Waals surface area contributed by atoms with Gasteiger partial charge in [0.15, 0.2) is 0 Å². The number of likely N-dealkylation sites (tertiary alicyclic amines) is 2. The molecule has 2 saturated heterocycles. The van der Waals surface area contributed by atoms with Crippen LogP contribution in [0.3, 0.4) is 0 Å². The van der Waals surface area contributed by atoms with Crippen LogP contribution in [-0.4, -0.2) is 48.1 Å².